The topological polar surface area (TPSA) is 110 Å². The summed E-state index contributed by atoms with van der Waals surface area (Å²) in [7, 11) is -3.28. The minimum Gasteiger partial charge on any atom is -0.444 e. The number of hydrogen-bond acceptors (Lipinski definition) is 8. The summed E-state index contributed by atoms with van der Waals surface area (Å²) >= 11 is 0. The second kappa shape index (κ2) is 8.34. The van der Waals surface area contributed by atoms with Crippen LogP contribution in [0, 0.1) is 0 Å². The van der Waals surface area contributed by atoms with Crippen LogP contribution < -0.4 is 10.6 Å². The molecule has 4 rings (SSSR count). The largest absolute Gasteiger partial charge is 0.444 e. The summed E-state index contributed by atoms with van der Waals surface area (Å²) in [6.07, 6.45) is 4.48. The van der Waals surface area contributed by atoms with Crippen molar-refractivity contribution in [2.24, 2.45) is 0 Å². The molecule has 2 N–H and O–H groups in total. The molecule has 0 atom stereocenters. The van der Waals surface area contributed by atoms with Gasteiger partial charge in [0.25, 0.3) is 0 Å². The lowest BCUT2D eigenvalue weighted by atomic mass is 10.2. The number of aromatic nitrogens is 3. The number of hydrogen-bond donors (Lipinski definition) is 2. The van der Waals surface area contributed by atoms with Crippen LogP contribution in [0.2, 0.25) is 0 Å². The molecule has 0 radical (unpaired) electrons. The highest BCUT2D eigenvalue weighted by atomic mass is 32.2. The van der Waals surface area contributed by atoms with Gasteiger partial charge in [-0.05, 0) is 42.5 Å². The summed E-state index contributed by atoms with van der Waals surface area (Å²) in [5, 5.41) is 6.33. The molecule has 0 amide bonds. The third kappa shape index (κ3) is 4.47. The maximum absolute atomic E-state index is 12.1. The number of benzene rings is 2. The highest BCUT2D eigenvalue weighted by Gasteiger charge is 2.12. The quantitative estimate of drug-likeness (QED) is 0.451. The van der Waals surface area contributed by atoms with Crippen molar-refractivity contribution in [1.82, 2.24) is 15.0 Å². The van der Waals surface area contributed by atoms with Gasteiger partial charge in [-0.25, -0.2) is 23.4 Å². The summed E-state index contributed by atoms with van der Waals surface area (Å²) in [6, 6.07) is 16.1. The van der Waals surface area contributed by atoms with E-state index in [-0.39, 0.29) is 10.6 Å². The molecule has 152 valence electrons. The standard InChI is InChI=1S/C21H19N5O3S/c1-2-30(27,28)18-5-3-4-17(10-18)26-21-11-20(23-13-24-21)25-16-8-6-15(7-9-16)19-12-22-14-29-19/h3-14H,2H2,1H3,(H2,23,24,25,26). The third-order valence-corrected chi connectivity index (χ3v) is 6.12. The van der Waals surface area contributed by atoms with E-state index >= 15 is 0 Å². The lowest BCUT2D eigenvalue weighted by Gasteiger charge is -2.10. The van der Waals surface area contributed by atoms with Crippen molar-refractivity contribution in [2.75, 3.05) is 16.4 Å². The summed E-state index contributed by atoms with van der Waals surface area (Å²) in [5.41, 5.74) is 2.40. The van der Waals surface area contributed by atoms with E-state index < -0.39 is 9.84 Å². The first kappa shape index (κ1) is 19.6. The molecule has 0 spiro atoms. The van der Waals surface area contributed by atoms with Crippen LogP contribution in [-0.2, 0) is 9.84 Å². The average molecular weight is 421 g/mol. The van der Waals surface area contributed by atoms with Gasteiger partial charge in [-0.2, -0.15) is 0 Å². The highest BCUT2D eigenvalue weighted by molar-refractivity contribution is 7.91. The monoisotopic (exact) mass is 421 g/mol. The van der Waals surface area contributed by atoms with Crippen LogP contribution in [-0.4, -0.2) is 29.1 Å². The number of anilines is 4. The molecule has 0 saturated carbocycles. The van der Waals surface area contributed by atoms with Crippen molar-refractivity contribution >= 4 is 32.8 Å². The van der Waals surface area contributed by atoms with E-state index in [1.54, 1.807) is 43.5 Å². The fraction of sp³-hybridized carbons (Fsp3) is 0.0952. The number of oxazole rings is 1. The minimum absolute atomic E-state index is 0.0489. The first-order valence-electron chi connectivity index (χ1n) is 9.21. The Morgan fingerprint density at radius 3 is 2.33 bits per heavy atom. The number of sulfone groups is 1. The number of nitrogens with zero attached hydrogens (tertiary/aromatic N) is 3. The predicted molar refractivity (Wildman–Crippen MR) is 115 cm³/mol. The number of nitrogens with one attached hydrogen (secondary N) is 2. The maximum Gasteiger partial charge on any atom is 0.181 e. The Balaban J connectivity index is 1.49. The molecule has 8 nitrogen and oxygen atoms in total. The molecule has 0 bridgehead atoms. The van der Waals surface area contributed by atoms with Crippen molar-refractivity contribution in [3.8, 4) is 11.3 Å². The van der Waals surface area contributed by atoms with E-state index in [9.17, 15) is 8.42 Å². The van der Waals surface area contributed by atoms with Crippen molar-refractivity contribution in [2.45, 2.75) is 11.8 Å². The zero-order chi connectivity index (χ0) is 21.0. The van der Waals surface area contributed by atoms with Crippen molar-refractivity contribution in [3.63, 3.8) is 0 Å². The smallest absolute Gasteiger partial charge is 0.181 e. The molecule has 0 aliphatic heterocycles. The van der Waals surface area contributed by atoms with Gasteiger partial charge in [-0.3, -0.25) is 0 Å². The number of rotatable bonds is 7. The zero-order valence-electron chi connectivity index (χ0n) is 16.1. The van der Waals surface area contributed by atoms with Gasteiger partial charge in [0.15, 0.2) is 22.0 Å². The van der Waals surface area contributed by atoms with Gasteiger partial charge in [0, 0.05) is 23.0 Å². The summed E-state index contributed by atoms with van der Waals surface area (Å²) in [4.78, 5) is 12.6. The molecule has 4 aromatic rings. The first-order valence-corrected chi connectivity index (χ1v) is 10.9. The SMILES string of the molecule is CCS(=O)(=O)c1cccc(Nc2cc(Nc3ccc(-c4cnco4)cc3)ncn2)c1. The molecule has 0 unspecified atom stereocenters. The molecule has 2 aromatic heterocycles. The fourth-order valence-corrected chi connectivity index (χ4v) is 3.73. The zero-order valence-corrected chi connectivity index (χ0v) is 16.9. The Hall–Kier alpha value is -3.72. The van der Waals surface area contributed by atoms with E-state index in [1.807, 2.05) is 24.3 Å². The molecule has 0 aliphatic carbocycles. The second-order valence-electron chi connectivity index (χ2n) is 6.41. The lowest BCUT2D eigenvalue weighted by molar-refractivity contribution is 0.572. The van der Waals surface area contributed by atoms with Crippen LogP contribution in [0.4, 0.5) is 23.0 Å². The minimum atomic E-state index is -3.28. The van der Waals surface area contributed by atoms with E-state index in [0.29, 0.717) is 23.1 Å². The highest BCUT2D eigenvalue weighted by Crippen LogP contribution is 2.24. The Labute approximate surface area is 174 Å². The molecule has 2 aromatic carbocycles. The van der Waals surface area contributed by atoms with Gasteiger partial charge >= 0.3 is 0 Å². The average Bonchev–Trinajstić information content (AvgIpc) is 3.30. The Morgan fingerprint density at radius 1 is 0.933 bits per heavy atom. The van der Waals surface area contributed by atoms with Crippen molar-refractivity contribution in [1.29, 1.82) is 0 Å². The Kier molecular flexibility index (Phi) is 5.44. The molecule has 0 fully saturated rings. The van der Waals surface area contributed by atoms with Gasteiger partial charge in [0.2, 0.25) is 0 Å². The molecular formula is C21H19N5O3S. The normalized spacial score (nSPS) is 11.2. The maximum atomic E-state index is 12.1. The molecular weight excluding hydrogens is 402 g/mol. The van der Waals surface area contributed by atoms with Crippen LogP contribution in [0.3, 0.4) is 0 Å². The van der Waals surface area contributed by atoms with Gasteiger partial charge < -0.3 is 15.1 Å². The van der Waals surface area contributed by atoms with Gasteiger partial charge in [-0.1, -0.05) is 13.0 Å². The van der Waals surface area contributed by atoms with Gasteiger partial charge in [-0.15, -0.1) is 0 Å². The van der Waals surface area contributed by atoms with Crippen LogP contribution in [0.5, 0.6) is 0 Å². The van der Waals surface area contributed by atoms with Crippen molar-refractivity contribution < 1.29 is 12.8 Å². The Bertz CT molecular complexity index is 1240. The fourth-order valence-electron chi connectivity index (χ4n) is 2.80. The Morgan fingerprint density at radius 2 is 1.67 bits per heavy atom. The van der Waals surface area contributed by atoms with Crippen LogP contribution in [0.25, 0.3) is 11.3 Å². The predicted octanol–water partition coefficient (Wildman–Crippen LogP) is 4.41. The summed E-state index contributed by atoms with van der Waals surface area (Å²) in [6.45, 7) is 1.62. The van der Waals surface area contributed by atoms with Gasteiger partial charge in [0.1, 0.15) is 18.0 Å². The van der Waals surface area contributed by atoms with Crippen molar-refractivity contribution in [3.05, 3.63) is 73.5 Å². The summed E-state index contributed by atoms with van der Waals surface area (Å²) in [5.74, 6) is 1.88. The van der Waals surface area contributed by atoms with Crippen LogP contribution in [0.15, 0.2) is 82.8 Å². The molecule has 2 heterocycles. The molecule has 9 heteroatoms. The second-order valence-corrected chi connectivity index (χ2v) is 8.69. The molecule has 30 heavy (non-hydrogen) atoms. The summed E-state index contributed by atoms with van der Waals surface area (Å²) < 4.78 is 29.5. The molecule has 0 saturated heterocycles. The molecule has 0 aliphatic rings. The van der Waals surface area contributed by atoms with Gasteiger partial charge in [0.05, 0.1) is 16.8 Å². The van der Waals surface area contributed by atoms with E-state index in [4.69, 9.17) is 4.42 Å². The third-order valence-electron chi connectivity index (χ3n) is 4.39. The van der Waals surface area contributed by atoms with E-state index in [0.717, 1.165) is 11.3 Å². The first-order chi connectivity index (χ1) is 14.5. The van der Waals surface area contributed by atoms with Crippen LogP contribution in [0.1, 0.15) is 6.92 Å². The lowest BCUT2D eigenvalue weighted by Crippen LogP contribution is -2.04. The van der Waals surface area contributed by atoms with E-state index in [1.165, 1.54) is 12.7 Å². The van der Waals surface area contributed by atoms with E-state index in [2.05, 4.69) is 25.6 Å². The van der Waals surface area contributed by atoms with Crippen LogP contribution >= 0.6 is 0 Å².